The van der Waals surface area contributed by atoms with Gasteiger partial charge in [0, 0.05) is 5.69 Å². The average Bonchev–Trinajstić information content (AvgIpc) is 2.56. The summed E-state index contributed by atoms with van der Waals surface area (Å²) in [5.41, 5.74) is 2.85. The van der Waals surface area contributed by atoms with Crippen molar-refractivity contribution >= 4 is 23.2 Å². The molecule has 2 amide bonds. The van der Waals surface area contributed by atoms with E-state index in [4.69, 9.17) is 0 Å². The van der Waals surface area contributed by atoms with Gasteiger partial charge in [-0.1, -0.05) is 44.2 Å². The minimum Gasteiger partial charge on any atom is -0.506 e. The van der Waals surface area contributed by atoms with E-state index >= 15 is 0 Å². The molecular weight excluding hydrogens is 292 g/mol. The molecule has 0 atom stereocenters. The second kappa shape index (κ2) is 7.45. The van der Waals surface area contributed by atoms with Crippen molar-refractivity contribution in [2.75, 3.05) is 10.6 Å². The monoisotopic (exact) mass is 312 g/mol. The minimum atomic E-state index is -0.820. The molecule has 0 saturated carbocycles. The molecule has 2 rings (SSSR count). The van der Waals surface area contributed by atoms with E-state index in [-0.39, 0.29) is 11.4 Å². The molecule has 2 aromatic carbocycles. The predicted molar refractivity (Wildman–Crippen MR) is 90.6 cm³/mol. The van der Waals surface area contributed by atoms with Crippen molar-refractivity contribution in [3.8, 4) is 5.75 Å². The summed E-state index contributed by atoms with van der Waals surface area (Å²) in [7, 11) is 0. The lowest BCUT2D eigenvalue weighted by Gasteiger charge is -2.14. The maximum atomic E-state index is 12.2. The van der Waals surface area contributed by atoms with Gasteiger partial charge in [-0.15, -0.1) is 0 Å². The quantitative estimate of drug-likeness (QED) is 0.599. The number of benzene rings is 2. The van der Waals surface area contributed by atoms with Crippen molar-refractivity contribution in [2.45, 2.75) is 26.7 Å². The lowest BCUT2D eigenvalue weighted by atomic mass is 10.0. The van der Waals surface area contributed by atoms with Gasteiger partial charge in [0.25, 0.3) is 0 Å². The zero-order valence-corrected chi connectivity index (χ0v) is 13.2. The Morgan fingerprint density at radius 3 is 2.00 bits per heavy atom. The van der Waals surface area contributed by atoms with Crippen LogP contribution < -0.4 is 10.6 Å². The van der Waals surface area contributed by atoms with Crippen LogP contribution in [0.5, 0.6) is 5.75 Å². The summed E-state index contributed by atoms with van der Waals surface area (Å²) in [6.45, 7) is 3.99. The predicted octanol–water partition coefficient (Wildman–Crippen LogP) is 3.09. The average molecular weight is 312 g/mol. The summed E-state index contributed by atoms with van der Waals surface area (Å²) in [6, 6.07) is 12.1. The Kier molecular flexibility index (Phi) is 5.36. The van der Waals surface area contributed by atoms with Gasteiger partial charge in [0.05, 0.1) is 5.69 Å². The number of phenols is 1. The highest BCUT2D eigenvalue weighted by atomic mass is 16.3. The van der Waals surface area contributed by atoms with Gasteiger partial charge in [-0.05, 0) is 36.1 Å². The van der Waals surface area contributed by atoms with Gasteiger partial charge in [0.15, 0.2) is 0 Å². The summed E-state index contributed by atoms with van der Waals surface area (Å²) in [5, 5.41) is 14.7. The van der Waals surface area contributed by atoms with Crippen LogP contribution in [-0.2, 0) is 22.4 Å². The Labute approximate surface area is 135 Å². The van der Waals surface area contributed by atoms with Crippen LogP contribution >= 0.6 is 0 Å². The van der Waals surface area contributed by atoms with E-state index in [9.17, 15) is 14.7 Å². The van der Waals surface area contributed by atoms with Gasteiger partial charge in [0.1, 0.15) is 5.75 Å². The standard InChI is InChI=1S/C18H20N2O3/c1-3-12-8-7-9-13(4-2)16(12)20-18(23)17(22)19-14-10-5-6-11-15(14)21/h5-11,21H,3-4H2,1-2H3,(H,19,22)(H,20,23). The number of anilines is 2. The fourth-order valence-corrected chi connectivity index (χ4v) is 2.33. The molecule has 5 nitrogen and oxygen atoms in total. The number of carbonyl (C=O) groups excluding carboxylic acids is 2. The van der Waals surface area contributed by atoms with Crippen LogP contribution in [-0.4, -0.2) is 16.9 Å². The summed E-state index contributed by atoms with van der Waals surface area (Å²) in [4.78, 5) is 24.2. The molecule has 0 bridgehead atoms. The van der Waals surface area contributed by atoms with Crippen molar-refractivity contribution in [3.63, 3.8) is 0 Å². The summed E-state index contributed by atoms with van der Waals surface area (Å²) < 4.78 is 0. The highest BCUT2D eigenvalue weighted by molar-refractivity contribution is 6.44. The van der Waals surface area contributed by atoms with Gasteiger partial charge < -0.3 is 15.7 Å². The van der Waals surface area contributed by atoms with E-state index in [1.807, 2.05) is 32.0 Å². The zero-order valence-electron chi connectivity index (χ0n) is 13.2. The lowest BCUT2D eigenvalue weighted by molar-refractivity contribution is -0.133. The second-order valence-corrected chi connectivity index (χ2v) is 5.08. The van der Waals surface area contributed by atoms with Crippen LogP contribution in [0.4, 0.5) is 11.4 Å². The van der Waals surface area contributed by atoms with Crippen LogP contribution in [0.15, 0.2) is 42.5 Å². The first-order chi connectivity index (χ1) is 11.1. The van der Waals surface area contributed by atoms with Crippen LogP contribution in [0.2, 0.25) is 0 Å². The van der Waals surface area contributed by atoms with Gasteiger partial charge in [-0.2, -0.15) is 0 Å². The summed E-state index contributed by atoms with van der Waals surface area (Å²) in [6.07, 6.45) is 1.51. The largest absolute Gasteiger partial charge is 0.506 e. The Morgan fingerprint density at radius 1 is 0.870 bits per heavy atom. The Morgan fingerprint density at radius 2 is 1.43 bits per heavy atom. The molecule has 0 aliphatic rings. The number of aryl methyl sites for hydroxylation is 2. The molecule has 0 saturated heterocycles. The van der Waals surface area contributed by atoms with Crippen molar-refractivity contribution in [1.82, 2.24) is 0 Å². The Bertz CT molecular complexity index is 704. The second-order valence-electron chi connectivity index (χ2n) is 5.08. The molecule has 0 heterocycles. The zero-order chi connectivity index (χ0) is 16.8. The number of rotatable bonds is 4. The number of para-hydroxylation sites is 3. The molecule has 120 valence electrons. The molecule has 0 aliphatic heterocycles. The summed E-state index contributed by atoms with van der Waals surface area (Å²) in [5.74, 6) is -1.67. The van der Waals surface area contributed by atoms with Crippen molar-refractivity contribution in [3.05, 3.63) is 53.6 Å². The molecule has 0 radical (unpaired) electrons. The third kappa shape index (κ3) is 3.88. The maximum Gasteiger partial charge on any atom is 0.314 e. The van der Waals surface area contributed by atoms with E-state index in [0.717, 1.165) is 24.0 Å². The molecule has 0 aliphatic carbocycles. The van der Waals surface area contributed by atoms with Gasteiger partial charge >= 0.3 is 11.8 Å². The fourth-order valence-electron chi connectivity index (χ4n) is 2.33. The number of hydrogen-bond acceptors (Lipinski definition) is 3. The molecule has 0 fully saturated rings. The number of nitrogens with one attached hydrogen (secondary N) is 2. The van der Waals surface area contributed by atoms with E-state index in [2.05, 4.69) is 10.6 Å². The van der Waals surface area contributed by atoms with E-state index in [1.54, 1.807) is 12.1 Å². The van der Waals surface area contributed by atoms with Crippen molar-refractivity contribution in [2.24, 2.45) is 0 Å². The Hall–Kier alpha value is -2.82. The molecule has 23 heavy (non-hydrogen) atoms. The Balaban J connectivity index is 2.16. The van der Waals surface area contributed by atoms with Gasteiger partial charge in [0.2, 0.25) is 0 Å². The molecule has 3 N–H and O–H groups in total. The maximum absolute atomic E-state index is 12.2. The number of phenolic OH excluding ortho intramolecular Hbond substituents is 1. The molecule has 5 heteroatoms. The molecule has 0 aromatic heterocycles. The highest BCUT2D eigenvalue weighted by Crippen LogP contribution is 2.24. The van der Waals surface area contributed by atoms with Crippen molar-refractivity contribution < 1.29 is 14.7 Å². The number of aromatic hydroxyl groups is 1. The normalized spacial score (nSPS) is 10.2. The van der Waals surface area contributed by atoms with E-state index < -0.39 is 11.8 Å². The molecule has 0 unspecified atom stereocenters. The van der Waals surface area contributed by atoms with Gasteiger partial charge in [-0.25, -0.2) is 0 Å². The van der Waals surface area contributed by atoms with E-state index in [1.165, 1.54) is 12.1 Å². The minimum absolute atomic E-state index is 0.0862. The summed E-state index contributed by atoms with van der Waals surface area (Å²) >= 11 is 0. The van der Waals surface area contributed by atoms with E-state index in [0.29, 0.717) is 5.69 Å². The first kappa shape index (κ1) is 16.5. The molecular formula is C18H20N2O3. The first-order valence-electron chi connectivity index (χ1n) is 7.57. The smallest absolute Gasteiger partial charge is 0.314 e. The van der Waals surface area contributed by atoms with Crippen LogP contribution in [0.1, 0.15) is 25.0 Å². The number of hydrogen-bond donors (Lipinski definition) is 3. The number of amides is 2. The lowest BCUT2D eigenvalue weighted by Crippen LogP contribution is -2.29. The molecule has 2 aromatic rings. The van der Waals surface area contributed by atoms with Gasteiger partial charge in [-0.3, -0.25) is 9.59 Å². The SMILES string of the molecule is CCc1cccc(CC)c1NC(=O)C(=O)Nc1ccccc1O. The first-order valence-corrected chi connectivity index (χ1v) is 7.57. The van der Waals surface area contributed by atoms with Crippen LogP contribution in [0, 0.1) is 0 Å². The van der Waals surface area contributed by atoms with Crippen LogP contribution in [0.25, 0.3) is 0 Å². The third-order valence-corrected chi connectivity index (χ3v) is 3.60. The highest BCUT2D eigenvalue weighted by Gasteiger charge is 2.18. The van der Waals surface area contributed by atoms with Crippen LogP contribution in [0.3, 0.4) is 0 Å². The molecule has 0 spiro atoms. The number of carbonyl (C=O) groups is 2. The fraction of sp³-hybridized carbons (Fsp3) is 0.222. The topological polar surface area (TPSA) is 78.4 Å². The third-order valence-electron chi connectivity index (χ3n) is 3.60. The van der Waals surface area contributed by atoms with Crippen molar-refractivity contribution in [1.29, 1.82) is 0 Å².